The van der Waals surface area contributed by atoms with Crippen LogP contribution < -0.4 is 20.7 Å². The van der Waals surface area contributed by atoms with Crippen molar-refractivity contribution in [3.05, 3.63) is 53.6 Å². The summed E-state index contributed by atoms with van der Waals surface area (Å²) in [5, 5.41) is 4.62. The molecular weight excluding hydrogens is 424 g/mol. The molecule has 1 atom stereocenters. The quantitative estimate of drug-likeness (QED) is 0.615. The standard InChI is InChI=1S/C24H28N4O3S/c1-16-3-6-20-19(9-16)21(26-13-24(25)14-31-15-24)11-23(27-20)28-7-8-32(29)22-10-18(30-2)5-4-17(22)12-28/h3-6,9-11H,7-8,12-15,25H2,1-2H3,(H,26,27). The number of hydrogen-bond donors (Lipinski definition) is 2. The fourth-order valence-corrected chi connectivity index (χ4v) is 5.44. The molecule has 0 bridgehead atoms. The van der Waals surface area contributed by atoms with E-state index in [2.05, 4.69) is 41.4 Å². The Kier molecular flexibility index (Phi) is 5.53. The monoisotopic (exact) mass is 452 g/mol. The second-order valence-electron chi connectivity index (χ2n) is 8.70. The summed E-state index contributed by atoms with van der Waals surface area (Å²) in [6.45, 7) is 5.13. The molecule has 2 aromatic carbocycles. The summed E-state index contributed by atoms with van der Waals surface area (Å²) in [6.07, 6.45) is 0. The first kappa shape index (κ1) is 21.2. The minimum absolute atomic E-state index is 0.336. The van der Waals surface area contributed by atoms with Crippen LogP contribution in [0.25, 0.3) is 10.9 Å². The highest BCUT2D eigenvalue weighted by molar-refractivity contribution is 7.85. The highest BCUT2D eigenvalue weighted by Gasteiger charge is 2.34. The second kappa shape index (κ2) is 8.35. The van der Waals surface area contributed by atoms with Crippen molar-refractivity contribution in [3.8, 4) is 5.75 Å². The Labute approximate surface area is 190 Å². The maximum atomic E-state index is 12.9. The highest BCUT2D eigenvalue weighted by Crippen LogP contribution is 2.32. The molecule has 3 heterocycles. The topological polar surface area (TPSA) is 89.7 Å². The Morgan fingerprint density at radius 2 is 2.09 bits per heavy atom. The van der Waals surface area contributed by atoms with Crippen molar-refractivity contribution in [1.29, 1.82) is 0 Å². The largest absolute Gasteiger partial charge is 0.497 e. The molecule has 3 N–H and O–H groups in total. The Bertz CT molecular complexity index is 1200. The van der Waals surface area contributed by atoms with Gasteiger partial charge in [-0.15, -0.1) is 0 Å². The number of rotatable bonds is 5. The zero-order valence-corrected chi connectivity index (χ0v) is 19.2. The lowest BCUT2D eigenvalue weighted by Gasteiger charge is -2.38. The highest BCUT2D eigenvalue weighted by atomic mass is 32.2. The van der Waals surface area contributed by atoms with E-state index in [0.29, 0.717) is 38.6 Å². The average molecular weight is 453 g/mol. The molecule has 1 unspecified atom stereocenters. The summed E-state index contributed by atoms with van der Waals surface area (Å²) in [4.78, 5) is 8.00. The molecule has 0 aliphatic carbocycles. The van der Waals surface area contributed by atoms with Gasteiger partial charge >= 0.3 is 0 Å². The van der Waals surface area contributed by atoms with E-state index in [1.807, 2.05) is 18.2 Å². The van der Waals surface area contributed by atoms with Gasteiger partial charge in [-0.3, -0.25) is 4.21 Å². The van der Waals surface area contributed by atoms with Crippen LogP contribution >= 0.6 is 0 Å². The Morgan fingerprint density at radius 1 is 1.25 bits per heavy atom. The van der Waals surface area contributed by atoms with Crippen LogP contribution in [0.3, 0.4) is 0 Å². The molecule has 0 saturated carbocycles. The first-order valence-electron chi connectivity index (χ1n) is 10.8. The van der Waals surface area contributed by atoms with Crippen molar-refractivity contribution in [1.82, 2.24) is 4.98 Å². The lowest BCUT2D eigenvalue weighted by atomic mass is 9.99. The molecule has 8 heteroatoms. The number of pyridine rings is 1. The second-order valence-corrected chi connectivity index (χ2v) is 10.2. The molecule has 2 aliphatic rings. The predicted molar refractivity (Wildman–Crippen MR) is 128 cm³/mol. The SMILES string of the molecule is COc1ccc2c(c1)S(=O)CCN(c1cc(NCC3(N)COC3)c3cc(C)ccc3n1)C2. The molecule has 1 saturated heterocycles. The van der Waals surface area contributed by atoms with Crippen molar-refractivity contribution in [2.45, 2.75) is 23.9 Å². The number of nitrogens with zero attached hydrogens (tertiary/aromatic N) is 2. The maximum absolute atomic E-state index is 12.9. The predicted octanol–water partition coefficient (Wildman–Crippen LogP) is 2.82. The fraction of sp³-hybridized carbons (Fsp3) is 0.375. The Balaban J connectivity index is 1.51. The van der Waals surface area contributed by atoms with Gasteiger partial charge in [0.2, 0.25) is 0 Å². The molecule has 32 heavy (non-hydrogen) atoms. The molecular formula is C24H28N4O3S. The Morgan fingerprint density at radius 3 is 2.84 bits per heavy atom. The number of nitrogens with two attached hydrogens (primary N) is 1. The van der Waals surface area contributed by atoms with Crippen LogP contribution in [0.2, 0.25) is 0 Å². The fourth-order valence-electron chi connectivity index (χ4n) is 4.16. The molecule has 2 aliphatic heterocycles. The van der Waals surface area contributed by atoms with Crippen LogP contribution in [0.5, 0.6) is 5.75 Å². The minimum Gasteiger partial charge on any atom is -0.497 e. The Hall–Kier alpha value is -2.68. The molecule has 0 spiro atoms. The lowest BCUT2D eigenvalue weighted by molar-refractivity contribution is -0.0461. The number of fused-ring (bicyclic) bond motifs is 2. The third-order valence-corrected chi connectivity index (χ3v) is 7.54. The summed E-state index contributed by atoms with van der Waals surface area (Å²) in [5.41, 5.74) is 10.2. The number of methoxy groups -OCH3 is 1. The van der Waals surface area contributed by atoms with Crippen molar-refractivity contribution >= 4 is 33.2 Å². The van der Waals surface area contributed by atoms with E-state index in [9.17, 15) is 4.21 Å². The van der Waals surface area contributed by atoms with E-state index >= 15 is 0 Å². The first-order valence-corrected chi connectivity index (χ1v) is 12.1. The number of hydrogen-bond acceptors (Lipinski definition) is 7. The number of ether oxygens (including phenoxy) is 2. The molecule has 7 nitrogen and oxygen atoms in total. The van der Waals surface area contributed by atoms with Gasteiger partial charge in [-0.2, -0.15) is 0 Å². The van der Waals surface area contributed by atoms with Crippen LogP contribution in [0.1, 0.15) is 11.1 Å². The summed E-state index contributed by atoms with van der Waals surface area (Å²) in [7, 11) is 0.550. The number of aromatic nitrogens is 1. The van der Waals surface area contributed by atoms with Crippen LogP contribution in [-0.4, -0.2) is 53.9 Å². The van der Waals surface area contributed by atoms with Gasteiger partial charge in [0.1, 0.15) is 11.6 Å². The van der Waals surface area contributed by atoms with Gasteiger partial charge < -0.3 is 25.4 Å². The van der Waals surface area contributed by atoms with E-state index in [1.165, 1.54) is 5.56 Å². The molecule has 5 rings (SSSR count). The van der Waals surface area contributed by atoms with E-state index in [1.54, 1.807) is 7.11 Å². The van der Waals surface area contributed by atoms with Crippen LogP contribution in [-0.2, 0) is 22.1 Å². The minimum atomic E-state index is -1.08. The van der Waals surface area contributed by atoms with Crippen LogP contribution in [0.15, 0.2) is 47.4 Å². The lowest BCUT2D eigenvalue weighted by Crippen LogP contribution is -2.61. The molecule has 3 aromatic rings. The van der Waals surface area contributed by atoms with Crippen molar-refractivity contribution in [3.63, 3.8) is 0 Å². The molecule has 0 radical (unpaired) electrons. The first-order chi connectivity index (χ1) is 15.4. The zero-order valence-electron chi connectivity index (χ0n) is 18.4. The summed E-state index contributed by atoms with van der Waals surface area (Å²) >= 11 is 0. The summed E-state index contributed by atoms with van der Waals surface area (Å²) in [5.74, 6) is 2.13. The van der Waals surface area contributed by atoms with E-state index < -0.39 is 10.8 Å². The number of nitrogens with one attached hydrogen (secondary N) is 1. The van der Waals surface area contributed by atoms with Gasteiger partial charge in [0.05, 0.1) is 42.2 Å². The van der Waals surface area contributed by atoms with E-state index in [-0.39, 0.29) is 5.54 Å². The van der Waals surface area contributed by atoms with Crippen LogP contribution in [0.4, 0.5) is 11.5 Å². The van der Waals surface area contributed by atoms with Gasteiger partial charge in [-0.1, -0.05) is 17.7 Å². The summed E-state index contributed by atoms with van der Waals surface area (Å²) in [6, 6.07) is 14.2. The van der Waals surface area contributed by atoms with Crippen molar-refractivity contribution < 1.29 is 13.7 Å². The third-order valence-electron chi connectivity index (χ3n) is 6.11. The number of anilines is 2. The number of benzene rings is 2. The summed E-state index contributed by atoms with van der Waals surface area (Å²) < 4.78 is 23.5. The molecule has 1 fully saturated rings. The van der Waals surface area contributed by atoms with Crippen LogP contribution in [0, 0.1) is 6.92 Å². The van der Waals surface area contributed by atoms with E-state index in [4.69, 9.17) is 20.2 Å². The maximum Gasteiger partial charge on any atom is 0.131 e. The molecule has 0 amide bonds. The average Bonchev–Trinajstić information content (AvgIpc) is 2.94. The molecule has 1 aromatic heterocycles. The number of aryl methyl sites for hydroxylation is 1. The normalized spacial score (nSPS) is 19.7. The molecule has 168 valence electrons. The van der Waals surface area contributed by atoms with Gasteiger partial charge in [0.15, 0.2) is 0 Å². The van der Waals surface area contributed by atoms with Gasteiger partial charge in [-0.05, 0) is 36.8 Å². The third kappa shape index (κ3) is 4.05. The van der Waals surface area contributed by atoms with E-state index in [0.717, 1.165) is 38.6 Å². The van der Waals surface area contributed by atoms with Gasteiger partial charge in [0.25, 0.3) is 0 Å². The zero-order chi connectivity index (χ0) is 22.3. The van der Waals surface area contributed by atoms with Gasteiger partial charge in [-0.25, -0.2) is 4.98 Å². The smallest absolute Gasteiger partial charge is 0.131 e. The van der Waals surface area contributed by atoms with Gasteiger partial charge in [0, 0.05) is 47.4 Å². The van der Waals surface area contributed by atoms with Crippen molar-refractivity contribution in [2.75, 3.05) is 49.4 Å². The van der Waals surface area contributed by atoms with Crippen molar-refractivity contribution in [2.24, 2.45) is 5.73 Å².